The van der Waals surface area contributed by atoms with Gasteiger partial charge in [0.1, 0.15) is 0 Å². The third kappa shape index (κ3) is 5.54. The van der Waals surface area contributed by atoms with Crippen molar-refractivity contribution in [1.29, 1.82) is 0 Å². The lowest BCUT2D eigenvalue weighted by Crippen LogP contribution is -2.35. The minimum atomic E-state index is -0.668. The molecule has 1 fully saturated rings. The number of rotatable bonds is 6. The number of nitro benzene ring substituents is 1. The maximum absolute atomic E-state index is 11.6. The Kier molecular flexibility index (Phi) is 5.85. The summed E-state index contributed by atoms with van der Waals surface area (Å²) in [6.07, 6.45) is 6.69. The minimum Gasteiger partial charge on any atom is -0.452 e. The second-order valence-corrected chi connectivity index (χ2v) is 5.34. The van der Waals surface area contributed by atoms with Crippen molar-refractivity contribution >= 4 is 23.6 Å². The molecule has 1 saturated carbocycles. The summed E-state index contributed by atoms with van der Waals surface area (Å²) >= 11 is 0. The Bertz CT molecular complexity index is 621. The topological polar surface area (TPSA) is 98.5 Å². The lowest BCUT2D eigenvalue weighted by molar-refractivity contribution is -0.384. The van der Waals surface area contributed by atoms with Gasteiger partial charge in [-0.25, -0.2) is 4.79 Å². The van der Waals surface area contributed by atoms with E-state index in [0.717, 1.165) is 31.8 Å². The first-order valence-corrected chi connectivity index (χ1v) is 7.43. The number of carbonyl (C=O) groups is 2. The fourth-order valence-electron chi connectivity index (χ4n) is 2.43. The second kappa shape index (κ2) is 8.07. The Morgan fingerprint density at radius 2 is 2.09 bits per heavy atom. The molecule has 7 heteroatoms. The number of esters is 1. The Morgan fingerprint density at radius 1 is 1.35 bits per heavy atom. The highest BCUT2D eigenvalue weighted by atomic mass is 16.6. The highest BCUT2D eigenvalue weighted by Gasteiger charge is 2.17. The smallest absolute Gasteiger partial charge is 0.331 e. The van der Waals surface area contributed by atoms with Crippen molar-refractivity contribution in [3.8, 4) is 0 Å². The van der Waals surface area contributed by atoms with Crippen LogP contribution in [0.4, 0.5) is 5.69 Å². The number of nitrogens with one attached hydrogen (secondary N) is 1. The molecule has 1 aliphatic rings. The van der Waals surface area contributed by atoms with Crippen molar-refractivity contribution < 1.29 is 19.2 Å². The molecule has 23 heavy (non-hydrogen) atoms. The predicted molar refractivity (Wildman–Crippen MR) is 83.5 cm³/mol. The Labute approximate surface area is 133 Å². The molecule has 0 spiro atoms. The summed E-state index contributed by atoms with van der Waals surface area (Å²) in [6, 6.07) is 6.04. The number of hydrogen-bond acceptors (Lipinski definition) is 5. The predicted octanol–water partition coefficient (Wildman–Crippen LogP) is 2.21. The molecule has 1 aromatic carbocycles. The van der Waals surface area contributed by atoms with E-state index in [1.165, 1.54) is 24.3 Å². The first kappa shape index (κ1) is 16.7. The summed E-state index contributed by atoms with van der Waals surface area (Å²) < 4.78 is 4.84. The summed E-state index contributed by atoms with van der Waals surface area (Å²) in [6.45, 7) is -0.325. The van der Waals surface area contributed by atoms with Crippen LogP contribution in [-0.2, 0) is 14.3 Å². The average molecular weight is 318 g/mol. The largest absolute Gasteiger partial charge is 0.452 e. The maximum Gasteiger partial charge on any atom is 0.331 e. The van der Waals surface area contributed by atoms with Gasteiger partial charge in [-0.3, -0.25) is 14.9 Å². The van der Waals surface area contributed by atoms with E-state index < -0.39 is 10.9 Å². The maximum atomic E-state index is 11.6. The quantitative estimate of drug-likeness (QED) is 0.375. The molecule has 1 aromatic rings. The first-order valence-electron chi connectivity index (χ1n) is 7.43. The summed E-state index contributed by atoms with van der Waals surface area (Å²) in [5.74, 6) is -0.980. The van der Waals surface area contributed by atoms with Crippen LogP contribution in [-0.4, -0.2) is 29.4 Å². The van der Waals surface area contributed by atoms with Gasteiger partial charge in [0.2, 0.25) is 0 Å². The lowest BCUT2D eigenvalue weighted by atomic mass is 10.2. The van der Waals surface area contributed by atoms with E-state index in [1.54, 1.807) is 6.07 Å². The zero-order valence-electron chi connectivity index (χ0n) is 12.6. The number of ether oxygens (including phenoxy) is 1. The van der Waals surface area contributed by atoms with Crippen LogP contribution in [0.25, 0.3) is 6.08 Å². The minimum absolute atomic E-state index is 0.0588. The molecule has 0 atom stereocenters. The number of amides is 1. The normalized spacial score (nSPS) is 14.8. The van der Waals surface area contributed by atoms with E-state index in [0.29, 0.717) is 5.56 Å². The van der Waals surface area contributed by atoms with Gasteiger partial charge in [-0.05, 0) is 24.5 Å². The van der Waals surface area contributed by atoms with Crippen LogP contribution in [0.15, 0.2) is 30.3 Å². The van der Waals surface area contributed by atoms with Crippen LogP contribution in [0.3, 0.4) is 0 Å². The van der Waals surface area contributed by atoms with E-state index in [9.17, 15) is 19.7 Å². The van der Waals surface area contributed by atoms with Crippen LogP contribution in [0.2, 0.25) is 0 Å². The monoisotopic (exact) mass is 318 g/mol. The van der Waals surface area contributed by atoms with Crippen molar-refractivity contribution in [3.63, 3.8) is 0 Å². The number of nitrogens with zero attached hydrogens (tertiary/aromatic N) is 1. The first-order chi connectivity index (χ1) is 11.0. The van der Waals surface area contributed by atoms with Crippen molar-refractivity contribution in [3.05, 3.63) is 46.0 Å². The van der Waals surface area contributed by atoms with E-state index in [-0.39, 0.29) is 24.2 Å². The van der Waals surface area contributed by atoms with Gasteiger partial charge < -0.3 is 10.1 Å². The standard InChI is InChI=1S/C16H18N2O5/c19-15(17-13-5-1-2-6-13)11-23-16(20)9-8-12-4-3-7-14(10-12)18(21)22/h3-4,7-10,13H,1-2,5-6,11H2,(H,17,19)/b9-8+. The van der Waals surface area contributed by atoms with E-state index in [1.807, 2.05) is 0 Å². The molecular weight excluding hydrogens is 300 g/mol. The Hall–Kier alpha value is -2.70. The molecule has 1 aliphatic carbocycles. The molecule has 0 saturated heterocycles. The molecular formula is C16H18N2O5. The SMILES string of the molecule is O=C(COC(=O)/C=C/c1cccc([N+](=O)[O-])c1)NC1CCCC1. The van der Waals surface area contributed by atoms with Crippen LogP contribution in [0.1, 0.15) is 31.2 Å². The molecule has 7 nitrogen and oxygen atoms in total. The van der Waals surface area contributed by atoms with Gasteiger partial charge in [-0.15, -0.1) is 0 Å². The molecule has 1 N–H and O–H groups in total. The average Bonchev–Trinajstić information content (AvgIpc) is 3.04. The van der Waals surface area contributed by atoms with Crippen molar-refractivity contribution in [2.24, 2.45) is 0 Å². The zero-order valence-corrected chi connectivity index (χ0v) is 12.6. The number of benzene rings is 1. The summed E-state index contributed by atoms with van der Waals surface area (Å²) in [5, 5.41) is 13.5. The van der Waals surface area contributed by atoms with Crippen molar-refractivity contribution in [1.82, 2.24) is 5.32 Å². The Morgan fingerprint density at radius 3 is 2.78 bits per heavy atom. The highest BCUT2D eigenvalue weighted by Crippen LogP contribution is 2.17. The molecule has 2 rings (SSSR count). The van der Waals surface area contributed by atoms with Gasteiger partial charge in [-0.2, -0.15) is 0 Å². The molecule has 0 radical (unpaired) electrons. The van der Waals surface area contributed by atoms with Gasteiger partial charge in [0.25, 0.3) is 11.6 Å². The summed E-state index contributed by atoms with van der Waals surface area (Å²) in [7, 11) is 0. The molecule has 122 valence electrons. The number of non-ortho nitro benzene ring substituents is 1. The fraction of sp³-hybridized carbons (Fsp3) is 0.375. The second-order valence-electron chi connectivity index (χ2n) is 5.34. The highest BCUT2D eigenvalue weighted by molar-refractivity contribution is 5.89. The van der Waals surface area contributed by atoms with Crippen LogP contribution >= 0.6 is 0 Å². The number of nitro groups is 1. The number of carbonyl (C=O) groups excluding carboxylic acids is 2. The molecule has 0 unspecified atom stereocenters. The lowest BCUT2D eigenvalue weighted by Gasteiger charge is -2.11. The van der Waals surface area contributed by atoms with Crippen molar-refractivity contribution in [2.75, 3.05) is 6.61 Å². The number of hydrogen-bond donors (Lipinski definition) is 1. The van der Waals surface area contributed by atoms with Crippen LogP contribution < -0.4 is 5.32 Å². The fourth-order valence-corrected chi connectivity index (χ4v) is 2.43. The van der Waals surface area contributed by atoms with E-state index in [4.69, 9.17) is 4.74 Å². The molecule has 0 aliphatic heterocycles. The van der Waals surface area contributed by atoms with Gasteiger partial charge >= 0.3 is 5.97 Å². The van der Waals surface area contributed by atoms with E-state index >= 15 is 0 Å². The van der Waals surface area contributed by atoms with Gasteiger partial charge in [0.05, 0.1) is 4.92 Å². The zero-order chi connectivity index (χ0) is 16.7. The summed E-state index contributed by atoms with van der Waals surface area (Å²) in [4.78, 5) is 33.3. The van der Waals surface area contributed by atoms with Crippen LogP contribution in [0, 0.1) is 10.1 Å². The Balaban J connectivity index is 1.78. The third-order valence-corrected chi connectivity index (χ3v) is 3.56. The molecule has 0 aromatic heterocycles. The van der Waals surface area contributed by atoms with Crippen LogP contribution in [0.5, 0.6) is 0 Å². The summed E-state index contributed by atoms with van der Waals surface area (Å²) in [5.41, 5.74) is 0.447. The van der Waals surface area contributed by atoms with E-state index in [2.05, 4.69) is 5.32 Å². The molecule has 1 amide bonds. The van der Waals surface area contributed by atoms with Gasteiger partial charge in [0.15, 0.2) is 6.61 Å². The van der Waals surface area contributed by atoms with Crippen molar-refractivity contribution in [2.45, 2.75) is 31.7 Å². The third-order valence-electron chi connectivity index (χ3n) is 3.56. The van der Waals surface area contributed by atoms with Gasteiger partial charge in [-0.1, -0.05) is 25.0 Å². The molecule has 0 bridgehead atoms. The van der Waals surface area contributed by atoms with Gasteiger partial charge in [0, 0.05) is 24.3 Å². The molecule has 0 heterocycles.